The molecule has 2 amide bonds. The Bertz CT molecular complexity index is 568. The first-order valence-corrected chi connectivity index (χ1v) is 7.35. The number of hydrogen-bond acceptors (Lipinski definition) is 2. The van der Waals surface area contributed by atoms with Gasteiger partial charge in [0.2, 0.25) is 11.8 Å². The summed E-state index contributed by atoms with van der Waals surface area (Å²) in [5.41, 5.74) is 0.323. The summed E-state index contributed by atoms with van der Waals surface area (Å²) in [7, 11) is 1.66. The van der Waals surface area contributed by atoms with Crippen LogP contribution in [0.5, 0.6) is 0 Å². The molecule has 2 rings (SSSR count). The van der Waals surface area contributed by atoms with Crippen molar-refractivity contribution in [1.29, 1.82) is 0 Å². The highest BCUT2D eigenvalue weighted by atomic mass is 35.5. The van der Waals surface area contributed by atoms with Crippen molar-refractivity contribution in [2.45, 2.75) is 19.3 Å². The summed E-state index contributed by atoms with van der Waals surface area (Å²) in [4.78, 5) is 26.9. The summed E-state index contributed by atoms with van der Waals surface area (Å²) >= 11 is 5.87. The topological polar surface area (TPSA) is 40.6 Å². The van der Waals surface area contributed by atoms with Gasteiger partial charge >= 0.3 is 0 Å². The number of nitrogens with zero attached hydrogens (tertiary/aromatic N) is 2. The maximum absolute atomic E-state index is 12.8. The molecule has 1 heterocycles. The minimum Gasteiger partial charge on any atom is -0.346 e. The minimum absolute atomic E-state index is 0.0512. The third-order valence-corrected chi connectivity index (χ3v) is 3.95. The van der Waals surface area contributed by atoms with E-state index in [1.807, 2.05) is 0 Å². The van der Waals surface area contributed by atoms with E-state index in [9.17, 15) is 18.4 Å². The van der Waals surface area contributed by atoms with Gasteiger partial charge in [0.05, 0.1) is 6.54 Å². The molecule has 1 fully saturated rings. The number of rotatable bonds is 4. The molecular weight excluding hydrogens is 314 g/mol. The average molecular weight is 331 g/mol. The minimum atomic E-state index is -2.66. The Morgan fingerprint density at radius 3 is 2.82 bits per heavy atom. The van der Waals surface area contributed by atoms with E-state index in [1.165, 1.54) is 6.07 Å². The Balaban J connectivity index is 2.21. The number of alkyl halides is 2. The van der Waals surface area contributed by atoms with Gasteiger partial charge in [-0.1, -0.05) is 17.7 Å². The lowest BCUT2D eigenvalue weighted by Crippen LogP contribution is -2.45. The predicted molar refractivity (Wildman–Crippen MR) is 80.2 cm³/mol. The van der Waals surface area contributed by atoms with Crippen LogP contribution in [0, 0.1) is 5.92 Å². The number of likely N-dealkylation sites (tertiary alicyclic amines) is 1. The van der Waals surface area contributed by atoms with Gasteiger partial charge in [0.25, 0.3) is 6.43 Å². The van der Waals surface area contributed by atoms with Crippen LogP contribution >= 0.6 is 11.6 Å². The number of anilines is 1. The van der Waals surface area contributed by atoms with E-state index in [4.69, 9.17) is 11.6 Å². The van der Waals surface area contributed by atoms with Crippen LogP contribution < -0.4 is 4.90 Å². The van der Waals surface area contributed by atoms with E-state index in [0.29, 0.717) is 23.7 Å². The predicted octanol–water partition coefficient (Wildman–Crippen LogP) is 2.81. The summed E-state index contributed by atoms with van der Waals surface area (Å²) in [6, 6.07) is 6.24. The molecule has 0 aliphatic carbocycles. The molecule has 0 unspecified atom stereocenters. The standard InChI is InChI=1S/C15H17ClF2N2O2/c1-19-6-5-10(7-14(19)21)15(22)20(9-13(17)18)12-4-2-3-11(16)8-12/h2-4,8,10,13H,5-7,9H2,1H3/t10-/m0/s1. The number of hydrogen-bond donors (Lipinski definition) is 0. The van der Waals surface area contributed by atoms with Gasteiger partial charge in [0.15, 0.2) is 0 Å². The average Bonchev–Trinajstić information content (AvgIpc) is 2.47. The summed E-state index contributed by atoms with van der Waals surface area (Å²) < 4.78 is 25.7. The van der Waals surface area contributed by atoms with Crippen molar-refractivity contribution in [2.24, 2.45) is 5.92 Å². The molecule has 0 aromatic heterocycles. The van der Waals surface area contributed by atoms with E-state index in [1.54, 1.807) is 30.1 Å². The molecule has 0 radical (unpaired) electrons. The van der Waals surface area contributed by atoms with Crippen LogP contribution in [0.1, 0.15) is 12.8 Å². The smallest absolute Gasteiger partial charge is 0.256 e. The maximum atomic E-state index is 12.8. The SMILES string of the molecule is CN1CC[C@H](C(=O)N(CC(F)F)c2cccc(Cl)c2)CC1=O. The van der Waals surface area contributed by atoms with Crippen LogP contribution in [0.4, 0.5) is 14.5 Å². The van der Waals surface area contributed by atoms with Crippen LogP contribution in [0.2, 0.25) is 5.02 Å². The number of piperidine rings is 1. The summed E-state index contributed by atoms with van der Waals surface area (Å²) in [5, 5.41) is 0.365. The molecule has 1 aliphatic heterocycles. The van der Waals surface area contributed by atoms with E-state index in [0.717, 1.165) is 4.90 Å². The number of amides is 2. The zero-order valence-corrected chi connectivity index (χ0v) is 12.9. The van der Waals surface area contributed by atoms with Crippen molar-refractivity contribution in [2.75, 3.05) is 25.0 Å². The largest absolute Gasteiger partial charge is 0.346 e. The van der Waals surface area contributed by atoms with Crippen molar-refractivity contribution in [3.63, 3.8) is 0 Å². The third kappa shape index (κ3) is 3.94. The normalized spacial score (nSPS) is 18.7. The fourth-order valence-electron chi connectivity index (χ4n) is 2.48. The maximum Gasteiger partial charge on any atom is 0.256 e. The molecule has 1 saturated heterocycles. The summed E-state index contributed by atoms with van der Waals surface area (Å²) in [5.74, 6) is -1.17. The second-order valence-corrected chi connectivity index (χ2v) is 5.76. The molecule has 120 valence electrons. The first kappa shape index (κ1) is 16.7. The van der Waals surface area contributed by atoms with Gasteiger partial charge in [-0.3, -0.25) is 9.59 Å². The molecule has 1 aromatic carbocycles. The van der Waals surface area contributed by atoms with Gasteiger partial charge in [0, 0.05) is 36.6 Å². The number of carbonyl (C=O) groups excluding carboxylic acids is 2. The van der Waals surface area contributed by atoms with Crippen molar-refractivity contribution in [1.82, 2.24) is 4.90 Å². The Labute approximate surface area is 132 Å². The molecule has 0 spiro atoms. The molecule has 1 atom stereocenters. The molecule has 1 aliphatic rings. The Morgan fingerprint density at radius 1 is 1.50 bits per heavy atom. The first-order chi connectivity index (χ1) is 10.4. The molecule has 7 heteroatoms. The second kappa shape index (κ2) is 7.05. The Morgan fingerprint density at radius 2 is 2.23 bits per heavy atom. The van der Waals surface area contributed by atoms with E-state index in [2.05, 4.69) is 0 Å². The highest BCUT2D eigenvalue weighted by molar-refractivity contribution is 6.30. The lowest BCUT2D eigenvalue weighted by atomic mass is 9.94. The highest BCUT2D eigenvalue weighted by Gasteiger charge is 2.33. The van der Waals surface area contributed by atoms with Crippen molar-refractivity contribution in [3.8, 4) is 0 Å². The van der Waals surface area contributed by atoms with Crippen LogP contribution in [-0.2, 0) is 9.59 Å². The Kier molecular flexibility index (Phi) is 5.34. The van der Waals surface area contributed by atoms with E-state index >= 15 is 0 Å². The monoisotopic (exact) mass is 330 g/mol. The van der Waals surface area contributed by atoms with Crippen LogP contribution in [-0.4, -0.2) is 43.3 Å². The van der Waals surface area contributed by atoms with Crippen LogP contribution in [0.25, 0.3) is 0 Å². The fourth-order valence-corrected chi connectivity index (χ4v) is 2.66. The van der Waals surface area contributed by atoms with Crippen LogP contribution in [0.3, 0.4) is 0 Å². The van der Waals surface area contributed by atoms with Gasteiger partial charge in [-0.2, -0.15) is 0 Å². The molecule has 0 saturated carbocycles. The van der Waals surface area contributed by atoms with Crippen LogP contribution in [0.15, 0.2) is 24.3 Å². The van der Waals surface area contributed by atoms with Gasteiger partial charge < -0.3 is 9.80 Å². The second-order valence-electron chi connectivity index (χ2n) is 5.32. The van der Waals surface area contributed by atoms with Crippen molar-refractivity contribution >= 4 is 29.1 Å². The fraction of sp³-hybridized carbons (Fsp3) is 0.467. The quantitative estimate of drug-likeness (QED) is 0.851. The highest BCUT2D eigenvalue weighted by Crippen LogP contribution is 2.26. The lowest BCUT2D eigenvalue weighted by Gasteiger charge is -2.32. The lowest BCUT2D eigenvalue weighted by molar-refractivity contribution is -0.138. The molecule has 0 bridgehead atoms. The first-order valence-electron chi connectivity index (χ1n) is 6.97. The van der Waals surface area contributed by atoms with Crippen molar-refractivity contribution in [3.05, 3.63) is 29.3 Å². The number of benzene rings is 1. The van der Waals surface area contributed by atoms with Gasteiger partial charge in [0.1, 0.15) is 0 Å². The van der Waals surface area contributed by atoms with Gasteiger partial charge in [-0.15, -0.1) is 0 Å². The molecular formula is C15H17ClF2N2O2. The summed E-state index contributed by atoms with van der Waals surface area (Å²) in [6.07, 6.45) is -2.14. The van der Waals surface area contributed by atoms with Gasteiger partial charge in [-0.05, 0) is 24.6 Å². The summed E-state index contributed by atoms with van der Waals surface area (Å²) in [6.45, 7) is -0.257. The van der Waals surface area contributed by atoms with Crippen molar-refractivity contribution < 1.29 is 18.4 Å². The third-order valence-electron chi connectivity index (χ3n) is 3.72. The number of halogens is 3. The van der Waals surface area contributed by atoms with E-state index < -0.39 is 24.8 Å². The Hall–Kier alpha value is -1.69. The zero-order valence-electron chi connectivity index (χ0n) is 12.1. The molecule has 4 nitrogen and oxygen atoms in total. The molecule has 0 N–H and O–H groups in total. The molecule has 22 heavy (non-hydrogen) atoms. The van der Waals surface area contributed by atoms with Gasteiger partial charge in [-0.25, -0.2) is 8.78 Å². The molecule has 1 aromatic rings. The van der Waals surface area contributed by atoms with E-state index in [-0.39, 0.29) is 12.3 Å². The zero-order chi connectivity index (χ0) is 16.3. The number of carbonyl (C=O) groups is 2.